The molecule has 0 saturated carbocycles. The third kappa shape index (κ3) is 5.23. The van der Waals surface area contributed by atoms with Crippen LogP contribution in [0.2, 0.25) is 5.02 Å². The van der Waals surface area contributed by atoms with Crippen LogP contribution in [0.3, 0.4) is 0 Å². The van der Waals surface area contributed by atoms with E-state index in [1.54, 1.807) is 0 Å². The lowest BCUT2D eigenvalue weighted by atomic mass is 10.1. The first-order valence-corrected chi connectivity index (χ1v) is 8.01. The summed E-state index contributed by atoms with van der Waals surface area (Å²) in [7, 11) is 0. The number of hydrogen-bond donors (Lipinski definition) is 1. The number of hydrogen-bond acceptors (Lipinski definition) is 2. The molecule has 0 aliphatic carbocycles. The molecule has 2 rings (SSSR count). The zero-order valence-corrected chi connectivity index (χ0v) is 14.6. The van der Waals surface area contributed by atoms with Crippen molar-refractivity contribution in [1.29, 1.82) is 0 Å². The van der Waals surface area contributed by atoms with Crippen molar-refractivity contribution in [3.8, 4) is 0 Å². The van der Waals surface area contributed by atoms with Crippen molar-refractivity contribution in [1.82, 2.24) is 5.32 Å². The monoisotopic (exact) mass is 384 g/mol. The minimum atomic E-state index is -4.59. The Morgan fingerprint density at radius 1 is 1.12 bits per heavy atom. The second-order valence-corrected chi connectivity index (χ2v) is 5.94. The van der Waals surface area contributed by atoms with Crippen LogP contribution in [0.15, 0.2) is 48.5 Å². The van der Waals surface area contributed by atoms with Gasteiger partial charge < -0.3 is 10.2 Å². The van der Waals surface area contributed by atoms with E-state index in [0.29, 0.717) is 0 Å². The zero-order chi connectivity index (χ0) is 19.3. The number of alkyl halides is 3. The van der Waals surface area contributed by atoms with E-state index in [9.17, 15) is 22.8 Å². The maximum atomic E-state index is 12.9. The van der Waals surface area contributed by atoms with Crippen LogP contribution in [-0.2, 0) is 22.3 Å². The van der Waals surface area contributed by atoms with Crippen LogP contribution in [0, 0.1) is 0 Å². The van der Waals surface area contributed by atoms with Gasteiger partial charge in [-0.05, 0) is 23.8 Å². The maximum absolute atomic E-state index is 12.9. The van der Waals surface area contributed by atoms with Gasteiger partial charge in [-0.1, -0.05) is 41.9 Å². The Morgan fingerprint density at radius 3 is 2.35 bits per heavy atom. The van der Waals surface area contributed by atoms with Crippen LogP contribution in [0.25, 0.3) is 0 Å². The number of nitrogens with one attached hydrogen (secondary N) is 1. The Labute approximate surface area is 153 Å². The molecule has 0 unspecified atom stereocenters. The predicted octanol–water partition coefficient (Wildman–Crippen LogP) is 4.03. The van der Waals surface area contributed by atoms with Crippen molar-refractivity contribution in [2.45, 2.75) is 19.6 Å². The number of carbonyl (C=O) groups is 2. The highest BCUT2D eigenvalue weighted by atomic mass is 35.5. The van der Waals surface area contributed by atoms with Crippen molar-refractivity contribution < 1.29 is 22.8 Å². The normalized spacial score (nSPS) is 11.1. The molecule has 0 radical (unpaired) electrons. The lowest BCUT2D eigenvalue weighted by molar-refractivity contribution is -0.137. The van der Waals surface area contributed by atoms with Gasteiger partial charge in [0.15, 0.2) is 0 Å². The summed E-state index contributed by atoms with van der Waals surface area (Å²) in [5, 5.41) is 2.57. The average Bonchev–Trinajstić information content (AvgIpc) is 2.58. The predicted molar refractivity (Wildman–Crippen MR) is 92.8 cm³/mol. The van der Waals surface area contributed by atoms with Crippen molar-refractivity contribution in [3.63, 3.8) is 0 Å². The molecule has 2 aromatic carbocycles. The van der Waals surface area contributed by atoms with Crippen molar-refractivity contribution >= 4 is 29.1 Å². The fourth-order valence-electron chi connectivity index (χ4n) is 2.26. The molecule has 0 aliphatic heterocycles. The highest BCUT2D eigenvalue weighted by molar-refractivity contribution is 6.34. The van der Waals surface area contributed by atoms with Gasteiger partial charge in [-0.2, -0.15) is 13.2 Å². The molecule has 4 nitrogen and oxygen atoms in total. The Morgan fingerprint density at radius 2 is 1.77 bits per heavy atom. The number of benzene rings is 2. The first-order valence-electron chi connectivity index (χ1n) is 7.64. The lowest BCUT2D eigenvalue weighted by Crippen LogP contribution is -2.39. The van der Waals surface area contributed by atoms with E-state index < -0.39 is 30.1 Å². The molecule has 8 heteroatoms. The molecule has 2 aromatic rings. The van der Waals surface area contributed by atoms with Gasteiger partial charge in [0.25, 0.3) is 0 Å². The molecule has 0 saturated heterocycles. The molecular weight excluding hydrogens is 369 g/mol. The molecule has 0 aromatic heterocycles. The first kappa shape index (κ1) is 19.8. The number of anilines is 1. The van der Waals surface area contributed by atoms with Gasteiger partial charge in [-0.15, -0.1) is 0 Å². The summed E-state index contributed by atoms with van der Waals surface area (Å²) >= 11 is 5.95. The second-order valence-electron chi connectivity index (χ2n) is 5.53. The van der Waals surface area contributed by atoms with Crippen molar-refractivity contribution in [2.75, 3.05) is 11.4 Å². The molecule has 138 valence electrons. The fourth-order valence-corrected chi connectivity index (χ4v) is 2.48. The summed E-state index contributed by atoms with van der Waals surface area (Å²) in [6.45, 7) is 0.950. The summed E-state index contributed by atoms with van der Waals surface area (Å²) in [5.74, 6) is -1.11. The topological polar surface area (TPSA) is 49.4 Å². The summed E-state index contributed by atoms with van der Waals surface area (Å²) in [6, 6.07) is 11.7. The summed E-state index contributed by atoms with van der Waals surface area (Å²) in [5.41, 5.74) is -0.260. The van der Waals surface area contributed by atoms with Gasteiger partial charge in [-0.25, -0.2) is 0 Å². The average molecular weight is 385 g/mol. The minimum Gasteiger partial charge on any atom is -0.350 e. The van der Waals surface area contributed by atoms with Gasteiger partial charge in [0.2, 0.25) is 11.8 Å². The third-order valence-corrected chi connectivity index (χ3v) is 3.90. The van der Waals surface area contributed by atoms with Crippen LogP contribution >= 0.6 is 11.6 Å². The first-order chi connectivity index (χ1) is 12.2. The van der Waals surface area contributed by atoms with E-state index in [1.807, 2.05) is 30.3 Å². The molecule has 2 amide bonds. The van der Waals surface area contributed by atoms with E-state index in [1.165, 1.54) is 0 Å². The molecule has 0 fully saturated rings. The third-order valence-electron chi connectivity index (χ3n) is 3.58. The maximum Gasteiger partial charge on any atom is 0.416 e. The molecule has 0 atom stereocenters. The SMILES string of the molecule is CC(=O)N(CC(=O)NCc1ccccc1)c1cc(C(F)(F)F)ccc1Cl. The number of nitrogens with zero attached hydrogens (tertiary/aromatic N) is 1. The van der Waals surface area contributed by atoms with Crippen LogP contribution in [0.1, 0.15) is 18.1 Å². The minimum absolute atomic E-state index is 0.0518. The van der Waals surface area contributed by atoms with Gasteiger partial charge >= 0.3 is 6.18 Å². The van der Waals surface area contributed by atoms with Crippen molar-refractivity contribution in [2.24, 2.45) is 0 Å². The number of halogens is 4. The van der Waals surface area contributed by atoms with E-state index in [4.69, 9.17) is 11.6 Å². The van der Waals surface area contributed by atoms with Crippen LogP contribution in [0.5, 0.6) is 0 Å². The zero-order valence-electron chi connectivity index (χ0n) is 13.8. The Bertz CT molecular complexity index is 795. The van der Waals surface area contributed by atoms with Gasteiger partial charge in [0, 0.05) is 13.5 Å². The fraction of sp³-hybridized carbons (Fsp3) is 0.222. The molecule has 26 heavy (non-hydrogen) atoms. The van der Waals surface area contributed by atoms with Gasteiger partial charge in [0.05, 0.1) is 16.3 Å². The van der Waals surface area contributed by atoms with E-state index in [-0.39, 0.29) is 17.3 Å². The molecular formula is C18H16ClF3N2O2. The second kappa shape index (κ2) is 8.23. The van der Waals surface area contributed by atoms with Gasteiger partial charge in [-0.3, -0.25) is 9.59 Å². The number of carbonyl (C=O) groups excluding carboxylic acids is 2. The Kier molecular flexibility index (Phi) is 6.26. The van der Waals surface area contributed by atoms with E-state index in [0.717, 1.165) is 35.6 Å². The van der Waals surface area contributed by atoms with Crippen LogP contribution < -0.4 is 10.2 Å². The van der Waals surface area contributed by atoms with Crippen molar-refractivity contribution in [3.05, 3.63) is 64.7 Å². The van der Waals surface area contributed by atoms with Crippen LogP contribution in [0.4, 0.5) is 18.9 Å². The largest absolute Gasteiger partial charge is 0.416 e. The van der Waals surface area contributed by atoms with E-state index in [2.05, 4.69) is 5.32 Å². The van der Waals surface area contributed by atoms with Gasteiger partial charge in [0.1, 0.15) is 6.54 Å². The Balaban J connectivity index is 2.16. The molecule has 0 spiro atoms. The molecule has 0 heterocycles. The number of rotatable bonds is 5. The molecule has 0 aliphatic rings. The highest BCUT2D eigenvalue weighted by Gasteiger charge is 2.32. The lowest BCUT2D eigenvalue weighted by Gasteiger charge is -2.23. The number of amides is 2. The highest BCUT2D eigenvalue weighted by Crippen LogP contribution is 2.35. The van der Waals surface area contributed by atoms with E-state index >= 15 is 0 Å². The summed E-state index contributed by atoms with van der Waals surface area (Å²) in [4.78, 5) is 24.9. The molecule has 1 N–H and O–H groups in total. The quantitative estimate of drug-likeness (QED) is 0.846. The standard InChI is InChI=1S/C18H16ClF3N2O2/c1-12(25)24(11-17(26)23-10-13-5-3-2-4-6-13)16-9-14(18(20,21)22)7-8-15(16)19/h2-9H,10-11H2,1H3,(H,23,26). The summed E-state index contributed by atoms with van der Waals surface area (Å²) in [6.07, 6.45) is -4.59. The van der Waals surface area contributed by atoms with Crippen LogP contribution in [-0.4, -0.2) is 18.4 Å². The smallest absolute Gasteiger partial charge is 0.350 e. The molecule has 0 bridgehead atoms. The Hall–Kier alpha value is -2.54. The summed E-state index contributed by atoms with van der Waals surface area (Å²) < 4.78 is 38.7.